The van der Waals surface area contributed by atoms with Crippen LogP contribution in [0, 0.1) is 6.92 Å². The van der Waals surface area contributed by atoms with Crippen LogP contribution in [0.15, 0.2) is 34.9 Å². The zero-order chi connectivity index (χ0) is 11.8. The minimum atomic E-state index is 0.242. The summed E-state index contributed by atoms with van der Waals surface area (Å²) in [4.78, 5) is 0.242. The van der Waals surface area contributed by atoms with Crippen LogP contribution in [0.25, 0.3) is 0 Å². The van der Waals surface area contributed by atoms with E-state index in [1.165, 1.54) is 41.5 Å². The second-order valence-electron chi connectivity index (χ2n) is 4.73. The number of hydrogen-bond donors (Lipinski definition) is 0. The highest BCUT2D eigenvalue weighted by Crippen LogP contribution is 2.34. The molecular formula is C15H15BrO. The number of halogens is 1. The number of rotatable bonds is 2. The molecule has 1 aliphatic rings. The van der Waals surface area contributed by atoms with Crippen LogP contribution >= 0.6 is 15.9 Å². The van der Waals surface area contributed by atoms with Crippen molar-refractivity contribution in [3.8, 4) is 0 Å². The molecular weight excluding hydrogens is 276 g/mol. The van der Waals surface area contributed by atoms with E-state index < -0.39 is 0 Å². The topological polar surface area (TPSA) is 13.1 Å². The fourth-order valence-corrected chi connectivity index (χ4v) is 3.06. The Morgan fingerprint density at radius 1 is 1.12 bits per heavy atom. The fraction of sp³-hybridized carbons (Fsp3) is 0.333. The second-order valence-corrected chi connectivity index (χ2v) is 5.65. The molecule has 0 fully saturated rings. The van der Waals surface area contributed by atoms with Crippen molar-refractivity contribution in [2.45, 2.75) is 31.0 Å². The maximum absolute atomic E-state index is 5.37. The Morgan fingerprint density at radius 2 is 1.94 bits per heavy atom. The molecule has 0 spiro atoms. The van der Waals surface area contributed by atoms with E-state index in [4.69, 9.17) is 4.42 Å². The molecule has 1 atom stereocenters. The molecule has 0 bridgehead atoms. The molecule has 0 saturated heterocycles. The molecule has 0 aliphatic heterocycles. The largest absolute Gasteiger partial charge is 0.469 e. The molecule has 1 heterocycles. The highest BCUT2D eigenvalue weighted by atomic mass is 79.9. The van der Waals surface area contributed by atoms with Crippen molar-refractivity contribution in [1.29, 1.82) is 0 Å². The monoisotopic (exact) mass is 290 g/mol. The standard InChI is InChI=1S/C15H15BrO/c1-10-7-14(9-17-10)15(16)13-6-5-11-3-2-4-12(11)8-13/h5-9,15H,2-4H2,1H3. The third-order valence-electron chi connectivity index (χ3n) is 3.46. The van der Waals surface area contributed by atoms with Gasteiger partial charge in [0, 0.05) is 5.56 Å². The van der Waals surface area contributed by atoms with E-state index in [2.05, 4.69) is 40.2 Å². The zero-order valence-electron chi connectivity index (χ0n) is 9.87. The molecule has 0 N–H and O–H groups in total. The van der Waals surface area contributed by atoms with Gasteiger partial charge in [-0.2, -0.15) is 0 Å². The molecule has 0 saturated carbocycles. The number of alkyl halides is 1. The first-order valence-corrected chi connectivity index (χ1v) is 6.96. The van der Waals surface area contributed by atoms with E-state index in [1.54, 1.807) is 0 Å². The van der Waals surface area contributed by atoms with Crippen LogP contribution in [0.2, 0.25) is 0 Å². The van der Waals surface area contributed by atoms with Crippen LogP contribution in [-0.4, -0.2) is 0 Å². The minimum absolute atomic E-state index is 0.242. The fourth-order valence-electron chi connectivity index (χ4n) is 2.54. The summed E-state index contributed by atoms with van der Waals surface area (Å²) in [6.45, 7) is 1.98. The number of hydrogen-bond acceptors (Lipinski definition) is 1. The van der Waals surface area contributed by atoms with Gasteiger partial charge in [0.2, 0.25) is 0 Å². The van der Waals surface area contributed by atoms with E-state index in [9.17, 15) is 0 Å². The second kappa shape index (κ2) is 4.34. The van der Waals surface area contributed by atoms with Gasteiger partial charge in [0.05, 0.1) is 11.1 Å². The zero-order valence-corrected chi connectivity index (χ0v) is 11.5. The molecule has 2 heteroatoms. The van der Waals surface area contributed by atoms with E-state index in [-0.39, 0.29) is 4.83 Å². The Kier molecular flexibility index (Phi) is 2.83. The lowest BCUT2D eigenvalue weighted by Gasteiger charge is -2.10. The van der Waals surface area contributed by atoms with E-state index >= 15 is 0 Å². The Hall–Kier alpha value is -1.02. The quantitative estimate of drug-likeness (QED) is 0.739. The number of aryl methyl sites for hydroxylation is 3. The molecule has 0 amide bonds. The van der Waals surface area contributed by atoms with Gasteiger partial charge in [-0.1, -0.05) is 34.1 Å². The van der Waals surface area contributed by atoms with Crippen molar-refractivity contribution >= 4 is 15.9 Å². The van der Waals surface area contributed by atoms with Crippen LogP contribution in [0.3, 0.4) is 0 Å². The van der Waals surface area contributed by atoms with Crippen molar-refractivity contribution < 1.29 is 4.42 Å². The van der Waals surface area contributed by atoms with Crippen LogP contribution in [-0.2, 0) is 12.8 Å². The maximum Gasteiger partial charge on any atom is 0.101 e. The smallest absolute Gasteiger partial charge is 0.101 e. The third-order valence-corrected chi connectivity index (χ3v) is 4.52. The molecule has 1 nitrogen and oxygen atoms in total. The summed E-state index contributed by atoms with van der Waals surface area (Å²) in [7, 11) is 0. The summed E-state index contributed by atoms with van der Waals surface area (Å²) in [5.41, 5.74) is 5.57. The van der Waals surface area contributed by atoms with Crippen LogP contribution in [0.5, 0.6) is 0 Å². The molecule has 1 aromatic carbocycles. The molecule has 0 radical (unpaired) electrons. The predicted molar refractivity (Wildman–Crippen MR) is 72.7 cm³/mol. The first-order valence-electron chi connectivity index (χ1n) is 6.05. The molecule has 88 valence electrons. The molecule has 1 aliphatic carbocycles. The van der Waals surface area contributed by atoms with Gasteiger partial charge < -0.3 is 4.42 Å². The summed E-state index contributed by atoms with van der Waals surface area (Å²) in [5, 5.41) is 0. The highest BCUT2D eigenvalue weighted by molar-refractivity contribution is 9.09. The minimum Gasteiger partial charge on any atom is -0.469 e. The number of furan rings is 1. The van der Waals surface area contributed by atoms with Gasteiger partial charge in [0.25, 0.3) is 0 Å². The van der Waals surface area contributed by atoms with Crippen molar-refractivity contribution in [3.63, 3.8) is 0 Å². The van der Waals surface area contributed by atoms with E-state index in [0.717, 1.165) is 5.76 Å². The van der Waals surface area contributed by atoms with Crippen molar-refractivity contribution in [2.24, 2.45) is 0 Å². The van der Waals surface area contributed by atoms with E-state index in [1.807, 2.05) is 13.2 Å². The third kappa shape index (κ3) is 2.06. The Bertz CT molecular complexity index is 542. The molecule has 1 aromatic heterocycles. The van der Waals surface area contributed by atoms with Crippen LogP contribution in [0.4, 0.5) is 0 Å². The summed E-state index contributed by atoms with van der Waals surface area (Å²) < 4.78 is 5.37. The SMILES string of the molecule is Cc1cc(C(Br)c2ccc3c(c2)CCC3)co1. The number of fused-ring (bicyclic) bond motifs is 1. The van der Waals surface area contributed by atoms with Gasteiger partial charge in [0.15, 0.2) is 0 Å². The van der Waals surface area contributed by atoms with Crippen molar-refractivity contribution in [2.75, 3.05) is 0 Å². The highest BCUT2D eigenvalue weighted by Gasteiger charge is 2.16. The number of benzene rings is 1. The van der Waals surface area contributed by atoms with Gasteiger partial charge in [-0.3, -0.25) is 0 Å². The van der Waals surface area contributed by atoms with Gasteiger partial charge in [0.1, 0.15) is 5.76 Å². The maximum atomic E-state index is 5.37. The Balaban J connectivity index is 1.94. The van der Waals surface area contributed by atoms with Gasteiger partial charge in [-0.25, -0.2) is 0 Å². The van der Waals surface area contributed by atoms with Gasteiger partial charge in [-0.15, -0.1) is 0 Å². The lowest BCUT2D eigenvalue weighted by Crippen LogP contribution is -1.93. The summed E-state index contributed by atoms with van der Waals surface area (Å²) in [5.74, 6) is 0.964. The summed E-state index contributed by atoms with van der Waals surface area (Å²) in [6, 6.07) is 8.93. The van der Waals surface area contributed by atoms with Gasteiger partial charge in [-0.05, 0) is 48.9 Å². The van der Waals surface area contributed by atoms with Crippen molar-refractivity contribution in [1.82, 2.24) is 0 Å². The average molecular weight is 291 g/mol. The normalized spacial score (nSPS) is 15.9. The lowest BCUT2D eigenvalue weighted by molar-refractivity contribution is 0.532. The van der Waals surface area contributed by atoms with Crippen LogP contribution in [0.1, 0.15) is 39.3 Å². The Morgan fingerprint density at radius 3 is 2.71 bits per heavy atom. The average Bonchev–Trinajstić information content (AvgIpc) is 2.95. The predicted octanol–water partition coefficient (Wildman–Crippen LogP) is 4.56. The molecule has 1 unspecified atom stereocenters. The Labute approximate surface area is 110 Å². The lowest BCUT2D eigenvalue weighted by atomic mass is 10.0. The molecule has 17 heavy (non-hydrogen) atoms. The summed E-state index contributed by atoms with van der Waals surface area (Å²) in [6.07, 6.45) is 5.61. The first kappa shape index (κ1) is 11.1. The van der Waals surface area contributed by atoms with Crippen LogP contribution < -0.4 is 0 Å². The molecule has 3 rings (SSSR count). The van der Waals surface area contributed by atoms with Crippen molar-refractivity contribution in [3.05, 3.63) is 58.5 Å². The molecule has 2 aromatic rings. The van der Waals surface area contributed by atoms with Gasteiger partial charge >= 0.3 is 0 Å². The summed E-state index contributed by atoms with van der Waals surface area (Å²) >= 11 is 3.76. The first-order chi connectivity index (χ1) is 8.24. The van der Waals surface area contributed by atoms with E-state index in [0.29, 0.717) is 0 Å².